The van der Waals surface area contributed by atoms with E-state index < -0.39 is 10.0 Å². The van der Waals surface area contributed by atoms with Gasteiger partial charge in [-0.2, -0.15) is 4.31 Å². The van der Waals surface area contributed by atoms with E-state index in [4.69, 9.17) is 9.47 Å². The molecule has 3 rings (SSSR count). The van der Waals surface area contributed by atoms with Gasteiger partial charge >= 0.3 is 0 Å². The van der Waals surface area contributed by atoms with Crippen molar-refractivity contribution in [1.82, 2.24) is 4.31 Å². The zero-order chi connectivity index (χ0) is 21.2. The first kappa shape index (κ1) is 21.1. The van der Waals surface area contributed by atoms with Crippen molar-refractivity contribution in [2.75, 3.05) is 32.7 Å². The van der Waals surface area contributed by atoms with Gasteiger partial charge in [0.25, 0.3) is 0 Å². The Morgan fingerprint density at radius 2 is 1.79 bits per heavy atom. The largest absolute Gasteiger partial charge is 0.493 e. The topological polar surface area (TPSA) is 76.2 Å². The van der Waals surface area contributed by atoms with Gasteiger partial charge in [0, 0.05) is 32.2 Å². The van der Waals surface area contributed by atoms with Crippen molar-refractivity contribution in [2.24, 2.45) is 0 Å². The Kier molecular flexibility index (Phi) is 6.14. The summed E-state index contributed by atoms with van der Waals surface area (Å²) in [5.41, 5.74) is 2.32. The Balaban J connectivity index is 1.83. The Morgan fingerprint density at radius 3 is 2.38 bits per heavy atom. The van der Waals surface area contributed by atoms with Crippen LogP contribution < -0.4 is 14.4 Å². The molecule has 0 atom stereocenters. The van der Waals surface area contributed by atoms with E-state index >= 15 is 0 Å². The number of benzene rings is 2. The number of sulfonamides is 1. The van der Waals surface area contributed by atoms with Crippen LogP contribution in [-0.4, -0.2) is 46.4 Å². The maximum atomic E-state index is 13.1. The van der Waals surface area contributed by atoms with E-state index in [2.05, 4.69) is 0 Å². The van der Waals surface area contributed by atoms with E-state index in [1.807, 2.05) is 6.92 Å². The smallest absolute Gasteiger partial charge is 0.243 e. The van der Waals surface area contributed by atoms with Gasteiger partial charge in [0.1, 0.15) is 0 Å². The summed E-state index contributed by atoms with van der Waals surface area (Å²) < 4.78 is 37.9. The highest BCUT2D eigenvalue weighted by molar-refractivity contribution is 7.89. The zero-order valence-corrected chi connectivity index (χ0v) is 18.0. The predicted octanol–water partition coefficient (Wildman–Crippen LogP) is 2.96. The molecule has 8 heteroatoms. The summed E-state index contributed by atoms with van der Waals surface area (Å²) in [5.74, 6) is 1.21. The summed E-state index contributed by atoms with van der Waals surface area (Å²) in [6, 6.07) is 10.2. The van der Waals surface area contributed by atoms with Crippen molar-refractivity contribution >= 4 is 21.6 Å². The lowest BCUT2D eigenvalue weighted by atomic mass is 10.2. The van der Waals surface area contributed by atoms with Gasteiger partial charge in [-0.3, -0.25) is 4.79 Å². The first-order valence-electron chi connectivity index (χ1n) is 9.36. The number of anilines is 1. The molecule has 1 amide bonds. The molecule has 0 unspecified atom stereocenters. The van der Waals surface area contributed by atoms with Crippen LogP contribution in [0, 0.1) is 6.92 Å². The number of amides is 1. The lowest BCUT2D eigenvalue weighted by Gasteiger charge is -2.21. The number of aryl methyl sites for hydroxylation is 1. The van der Waals surface area contributed by atoms with Crippen molar-refractivity contribution in [3.05, 3.63) is 47.5 Å². The molecule has 0 aliphatic carbocycles. The molecule has 0 saturated carbocycles. The predicted molar refractivity (Wildman–Crippen MR) is 111 cm³/mol. The minimum atomic E-state index is -3.69. The second kappa shape index (κ2) is 8.42. The van der Waals surface area contributed by atoms with Crippen LogP contribution in [0.15, 0.2) is 41.3 Å². The molecule has 1 fully saturated rings. The SMILES string of the molecule is COc1ccc(CN(C)S(=O)(=O)c2ccc(N3CCCC3=O)c(C)c2)cc1OC. The van der Waals surface area contributed by atoms with Crippen molar-refractivity contribution in [3.63, 3.8) is 0 Å². The first-order chi connectivity index (χ1) is 13.8. The third-order valence-electron chi connectivity index (χ3n) is 5.09. The summed E-state index contributed by atoms with van der Waals surface area (Å²) in [4.78, 5) is 13.9. The second-order valence-electron chi connectivity index (χ2n) is 7.05. The Hall–Kier alpha value is -2.58. The molecule has 1 aliphatic rings. The van der Waals surface area contributed by atoms with Crippen LogP contribution in [0.4, 0.5) is 5.69 Å². The van der Waals surface area contributed by atoms with Gasteiger partial charge in [0.15, 0.2) is 11.5 Å². The Morgan fingerprint density at radius 1 is 1.07 bits per heavy atom. The van der Waals surface area contributed by atoms with E-state index in [0.29, 0.717) is 24.5 Å². The second-order valence-corrected chi connectivity index (χ2v) is 9.09. The lowest BCUT2D eigenvalue weighted by Crippen LogP contribution is -2.27. The number of carbonyl (C=O) groups excluding carboxylic acids is 1. The summed E-state index contributed by atoms with van der Waals surface area (Å²) in [5, 5.41) is 0. The zero-order valence-electron chi connectivity index (χ0n) is 17.1. The van der Waals surface area contributed by atoms with Gasteiger partial charge < -0.3 is 14.4 Å². The fraction of sp³-hybridized carbons (Fsp3) is 0.381. The molecule has 0 aromatic heterocycles. The fourth-order valence-electron chi connectivity index (χ4n) is 3.50. The fourth-order valence-corrected chi connectivity index (χ4v) is 4.74. The molecule has 29 heavy (non-hydrogen) atoms. The number of rotatable bonds is 7. The molecule has 0 bridgehead atoms. The Labute approximate surface area is 171 Å². The van der Waals surface area contributed by atoms with Crippen molar-refractivity contribution in [1.29, 1.82) is 0 Å². The standard InChI is InChI=1S/C21H26N2O5S/c1-15-12-17(8-9-18(15)23-11-5-6-21(23)24)29(25,26)22(2)14-16-7-10-19(27-3)20(13-16)28-4/h7-10,12-13H,5-6,11,14H2,1-4H3. The normalized spacial score (nSPS) is 14.5. The van der Waals surface area contributed by atoms with Gasteiger partial charge in [0.2, 0.25) is 15.9 Å². The highest BCUT2D eigenvalue weighted by Gasteiger charge is 2.26. The molecule has 2 aromatic rings. The van der Waals surface area contributed by atoms with Crippen LogP contribution in [0.25, 0.3) is 0 Å². The number of hydrogen-bond acceptors (Lipinski definition) is 5. The summed E-state index contributed by atoms with van der Waals surface area (Å²) in [7, 11) is 0.941. The number of nitrogens with zero attached hydrogens (tertiary/aromatic N) is 2. The highest BCUT2D eigenvalue weighted by atomic mass is 32.2. The van der Waals surface area contributed by atoms with Crippen LogP contribution >= 0.6 is 0 Å². The van der Waals surface area contributed by atoms with E-state index in [-0.39, 0.29) is 17.3 Å². The van der Waals surface area contributed by atoms with Gasteiger partial charge in [-0.05, 0) is 54.8 Å². The monoisotopic (exact) mass is 418 g/mol. The quantitative estimate of drug-likeness (QED) is 0.691. The maximum absolute atomic E-state index is 13.1. The van der Waals surface area contributed by atoms with Crippen molar-refractivity contribution < 1.29 is 22.7 Å². The minimum absolute atomic E-state index is 0.0780. The van der Waals surface area contributed by atoms with E-state index in [1.165, 1.54) is 11.4 Å². The molecule has 156 valence electrons. The molecule has 0 spiro atoms. The number of ether oxygens (including phenoxy) is 2. The average molecular weight is 419 g/mol. The van der Waals surface area contributed by atoms with E-state index in [0.717, 1.165) is 23.2 Å². The third kappa shape index (κ3) is 4.23. The van der Waals surface area contributed by atoms with E-state index in [9.17, 15) is 13.2 Å². The number of methoxy groups -OCH3 is 2. The average Bonchev–Trinajstić information content (AvgIpc) is 3.13. The molecule has 2 aromatic carbocycles. The number of hydrogen-bond donors (Lipinski definition) is 0. The molecule has 1 saturated heterocycles. The summed E-state index contributed by atoms with van der Waals surface area (Å²) in [6.07, 6.45) is 1.36. The van der Waals surface area contributed by atoms with Gasteiger partial charge in [-0.15, -0.1) is 0 Å². The van der Waals surface area contributed by atoms with Crippen LogP contribution in [0.3, 0.4) is 0 Å². The van der Waals surface area contributed by atoms with E-state index in [1.54, 1.807) is 55.5 Å². The molecule has 1 aliphatic heterocycles. The number of carbonyl (C=O) groups is 1. The van der Waals surface area contributed by atoms with Crippen LogP contribution in [-0.2, 0) is 21.4 Å². The summed E-state index contributed by atoms with van der Waals surface area (Å²) >= 11 is 0. The Bertz CT molecular complexity index is 1020. The first-order valence-corrected chi connectivity index (χ1v) is 10.8. The van der Waals surface area contributed by atoms with Crippen LogP contribution in [0.5, 0.6) is 11.5 Å². The molecule has 1 heterocycles. The minimum Gasteiger partial charge on any atom is -0.493 e. The molecular formula is C21H26N2O5S. The molecular weight excluding hydrogens is 392 g/mol. The van der Waals surface area contributed by atoms with Crippen LogP contribution in [0.2, 0.25) is 0 Å². The van der Waals surface area contributed by atoms with Gasteiger partial charge in [-0.1, -0.05) is 6.07 Å². The lowest BCUT2D eigenvalue weighted by molar-refractivity contribution is -0.117. The van der Waals surface area contributed by atoms with Crippen LogP contribution in [0.1, 0.15) is 24.0 Å². The van der Waals surface area contributed by atoms with Gasteiger partial charge in [-0.25, -0.2) is 8.42 Å². The molecule has 0 N–H and O–H groups in total. The maximum Gasteiger partial charge on any atom is 0.243 e. The van der Waals surface area contributed by atoms with Crippen molar-refractivity contribution in [2.45, 2.75) is 31.2 Å². The summed E-state index contributed by atoms with van der Waals surface area (Å²) in [6.45, 7) is 2.69. The molecule has 0 radical (unpaired) electrons. The third-order valence-corrected chi connectivity index (χ3v) is 6.89. The van der Waals surface area contributed by atoms with Gasteiger partial charge in [0.05, 0.1) is 19.1 Å². The van der Waals surface area contributed by atoms with Crippen molar-refractivity contribution in [3.8, 4) is 11.5 Å². The molecule has 7 nitrogen and oxygen atoms in total. The highest BCUT2D eigenvalue weighted by Crippen LogP contribution is 2.30.